The van der Waals surface area contributed by atoms with E-state index in [1.165, 1.54) is 6.92 Å². The molecular formula is C65H76B2F6KN9NaO13S. The van der Waals surface area contributed by atoms with Crippen LogP contribution in [0.4, 0.5) is 26.1 Å². The maximum atomic E-state index is 13.0. The number of alkyl halides is 3. The predicted molar refractivity (Wildman–Crippen MR) is 341 cm³/mol. The van der Waals surface area contributed by atoms with Crippen LogP contribution >= 0.6 is 0 Å². The number of ketones is 3. The third-order valence-electron chi connectivity index (χ3n) is 16.4. The summed E-state index contributed by atoms with van der Waals surface area (Å²) >= 11 is 0. The summed E-state index contributed by atoms with van der Waals surface area (Å²) in [6.07, 6.45) is 21.0. The van der Waals surface area contributed by atoms with Crippen molar-refractivity contribution in [3.05, 3.63) is 137 Å². The summed E-state index contributed by atoms with van der Waals surface area (Å²) in [5, 5.41) is 7.00. The Morgan fingerprint density at radius 2 is 1.01 bits per heavy atom. The first kappa shape index (κ1) is 82.7. The Balaban J connectivity index is 0.000000279. The van der Waals surface area contributed by atoms with E-state index >= 15 is 0 Å². The van der Waals surface area contributed by atoms with Crippen molar-refractivity contribution < 1.29 is 169 Å². The van der Waals surface area contributed by atoms with Crippen LogP contribution in [0.15, 0.2) is 91.5 Å². The molecule has 4 saturated carbocycles. The third-order valence-corrected chi connectivity index (χ3v) is 17.4. The Bertz CT molecular complexity index is 3830. The van der Waals surface area contributed by atoms with Crippen LogP contribution in [-0.4, -0.2) is 145 Å². The van der Waals surface area contributed by atoms with Gasteiger partial charge in [0.25, 0.3) is 0 Å². The Morgan fingerprint density at radius 1 is 0.571 bits per heavy atom. The van der Waals surface area contributed by atoms with Gasteiger partial charge in [-0.3, -0.25) is 29.3 Å². The summed E-state index contributed by atoms with van der Waals surface area (Å²) in [5.74, 6) is 6.48. The number of hydrogen-bond donors (Lipinski definition) is 1. The molecule has 22 nitrogen and oxygen atoms in total. The van der Waals surface area contributed by atoms with Crippen LogP contribution in [0.1, 0.15) is 154 Å². The number of aliphatic hydroxyl groups is 1. The smallest absolute Gasteiger partial charge is 1.00 e. The van der Waals surface area contributed by atoms with Crippen LogP contribution in [0.5, 0.6) is 34.9 Å². The minimum absolute atomic E-state index is 0. The van der Waals surface area contributed by atoms with Gasteiger partial charge in [-0.05, 0) is 132 Å². The molecule has 1 N–H and O–H groups in total. The van der Waals surface area contributed by atoms with Crippen LogP contribution in [0, 0.1) is 38.5 Å². The molecule has 6 aromatic heterocycles. The summed E-state index contributed by atoms with van der Waals surface area (Å²) in [5.41, 5.74) is -0.504. The second-order valence-electron chi connectivity index (χ2n) is 23.4. The summed E-state index contributed by atoms with van der Waals surface area (Å²) in [6.45, 7) is 1.41. The standard InChI is InChI=1S/C21H25N3O3.C21H23N3O3.C15H16BF3N3O2.C7H7F3O4S.CH4O.B.K.Na.H/c2*1-13-22-11-19(14-4-3-5-16(25)8-14)21(24-13)27-12-15-9-18(15)20-7-6-17(26-2)10-23-20;1-9-20-7-13(16(17,18)19)15(22-9)24-8-10-5-12(10)14-4-3-11(23-2)6-21-14;8-7(9,10)15(12,13)14-6-3-1-2-5(11)4-6;1-2;;;;/h6-7,10-11,14-15,18H,3-5,8-9,12H2,1-2H3;6-8,10-11,15,18H,3-5,9,12H2,1-2H3;3-4,6-7,10,12H,5,8H2,1-2H3;4H,1-3H2;2H,1H3;;;;/q;;-1;;;;2*+1;-1/t14?,15-,18+;15-,18+;10-,12+;;;;;;/m111....../s1. The third kappa shape index (κ3) is 24.1. The second-order valence-corrected chi connectivity index (χ2v) is 24.9. The van der Waals surface area contributed by atoms with Crippen molar-refractivity contribution in [2.24, 2.45) is 17.8 Å². The van der Waals surface area contributed by atoms with E-state index in [-0.39, 0.29) is 152 Å². The molecule has 3 radical (unpaired) electrons. The van der Waals surface area contributed by atoms with Gasteiger partial charge in [-0.1, -0.05) is 0 Å². The second kappa shape index (κ2) is 38.2. The van der Waals surface area contributed by atoms with Gasteiger partial charge in [0.05, 0.1) is 65.3 Å². The summed E-state index contributed by atoms with van der Waals surface area (Å²) < 4.78 is 132. The fourth-order valence-electron chi connectivity index (χ4n) is 10.9. The Hall–Kier alpha value is -5.96. The largest absolute Gasteiger partial charge is 1.00 e. The fourth-order valence-corrected chi connectivity index (χ4v) is 11.4. The van der Waals surface area contributed by atoms with Gasteiger partial charge in [-0.25, -0.2) is 19.9 Å². The van der Waals surface area contributed by atoms with Crippen LogP contribution in [0.3, 0.4) is 0 Å². The number of methoxy groups -OCH3 is 3. The number of ether oxygens (including phenoxy) is 6. The molecule has 6 heterocycles. The van der Waals surface area contributed by atoms with Crippen molar-refractivity contribution in [2.75, 3.05) is 48.3 Å². The number of carbonyl (C=O) groups is 3. The number of hydrogen-bond acceptors (Lipinski definition) is 22. The van der Waals surface area contributed by atoms with Crippen LogP contribution in [0.2, 0.25) is 0 Å². The van der Waals surface area contributed by atoms with Crippen LogP contribution in [-0.2, 0) is 28.7 Å². The molecule has 0 aliphatic heterocycles. The van der Waals surface area contributed by atoms with Gasteiger partial charge in [-0.2, -0.15) is 31.6 Å². The van der Waals surface area contributed by atoms with Gasteiger partial charge in [0, 0.05) is 130 Å². The zero-order valence-electron chi connectivity index (χ0n) is 57.1. The minimum Gasteiger partial charge on any atom is -1.00 e. The molecule has 33 heteroatoms. The number of Topliss-reactive ketones (excluding diaryl/α,β-unsaturated/α-hetero) is 1. The van der Waals surface area contributed by atoms with E-state index < -0.39 is 39.6 Å². The van der Waals surface area contributed by atoms with E-state index in [4.69, 9.17) is 33.5 Å². The number of allylic oxidation sites excluding steroid dienone is 4. The van der Waals surface area contributed by atoms with E-state index in [1.54, 1.807) is 52.2 Å². The Labute approximate surface area is 633 Å². The number of carbonyl (C=O) groups excluding carboxylic acids is 3. The molecule has 0 bridgehead atoms. The molecule has 7 atom stereocenters. The van der Waals surface area contributed by atoms with Gasteiger partial charge in [0.1, 0.15) is 46.3 Å². The predicted octanol–water partition coefficient (Wildman–Crippen LogP) is 4.37. The van der Waals surface area contributed by atoms with Crippen molar-refractivity contribution >= 4 is 53.9 Å². The number of nitrogens with zero attached hydrogens (tertiary/aromatic N) is 9. The maximum absolute atomic E-state index is 13.0. The molecular weight excluding hydrogens is 1340 g/mol. The van der Waals surface area contributed by atoms with Crippen LogP contribution in [0.25, 0.3) is 5.57 Å². The molecule has 6 aliphatic rings. The maximum Gasteiger partial charge on any atom is 1.00 e. The molecule has 0 spiro atoms. The van der Waals surface area contributed by atoms with Gasteiger partial charge in [0.15, 0.2) is 17.4 Å². The Kier molecular flexibility index (Phi) is 32.2. The van der Waals surface area contributed by atoms with E-state index in [1.807, 2.05) is 56.4 Å². The summed E-state index contributed by atoms with van der Waals surface area (Å²) in [4.78, 5) is 72.7. The zero-order valence-corrected chi connectivity index (χ0v) is 62.1. The summed E-state index contributed by atoms with van der Waals surface area (Å²) in [7, 11) is 0.207. The van der Waals surface area contributed by atoms with Crippen molar-refractivity contribution in [3.63, 3.8) is 0 Å². The Morgan fingerprint density at radius 3 is 1.45 bits per heavy atom. The van der Waals surface area contributed by atoms with Gasteiger partial charge >= 0.3 is 104 Å². The topological polar surface area (TPSA) is 286 Å². The average Bonchev–Trinajstić information content (AvgIpc) is 1.68. The molecule has 0 saturated heterocycles. The monoisotopic (exact) mass is 1420 g/mol. The minimum atomic E-state index is -5.64. The van der Waals surface area contributed by atoms with Crippen molar-refractivity contribution in [2.45, 2.75) is 133 Å². The normalized spacial score (nSPS) is 20.5. The average molecular weight is 1420 g/mol. The van der Waals surface area contributed by atoms with Gasteiger partial charge in [-0.15, -0.1) is 0 Å². The summed E-state index contributed by atoms with van der Waals surface area (Å²) in [6, 6.07) is 11.6. The van der Waals surface area contributed by atoms with Crippen molar-refractivity contribution in [1.29, 1.82) is 0 Å². The molecule has 515 valence electrons. The molecule has 6 aromatic rings. The molecule has 0 aromatic carbocycles. The zero-order chi connectivity index (χ0) is 68.6. The first-order valence-electron chi connectivity index (χ1n) is 30.9. The fraction of sp³-hybridized carbons (Fsp3) is 0.477. The van der Waals surface area contributed by atoms with E-state index in [2.05, 4.69) is 49.0 Å². The number of halogens is 6. The van der Waals surface area contributed by atoms with Gasteiger partial charge in [0.2, 0.25) is 11.8 Å². The van der Waals surface area contributed by atoms with Crippen LogP contribution < -0.4 is 115 Å². The van der Waals surface area contributed by atoms with E-state index in [0.29, 0.717) is 91.1 Å². The number of rotatable bonds is 20. The number of aryl methyl sites for hydroxylation is 3. The number of pyridine rings is 3. The molecule has 12 rings (SSSR count). The number of aliphatic hydroxyl groups excluding tert-OH is 1. The quantitative estimate of drug-likeness (QED) is 0.0480. The van der Waals surface area contributed by atoms with E-state index in [0.717, 1.165) is 110 Å². The molecule has 0 amide bonds. The molecule has 4 fully saturated rings. The molecule has 1 unspecified atom stereocenters. The van der Waals surface area contributed by atoms with E-state index in [9.17, 15) is 48.9 Å². The number of aromatic nitrogens is 9. The SMILES string of the molecule is CO.COc1ccc([C@H]2C[C@@H]2COc2nc(C)ncc2C2=CC(=O)CCC2)nc1.COc1ccc([C@H]2C[C@@H]2COc2nc(C)ncc2C2CCCC(=O)C2)nc1.COc1ccc([C@H]2C[C@@H]2COc2nc(C)ncc2[B-](F)(F)F)nc1.O=C1C=C(OS(=O)(=O)C(F)(F)F)CCC1.[B].[H-].[K+].[Na+]. The molecule has 6 aliphatic carbocycles. The first-order chi connectivity index (χ1) is 45.4. The molecule has 98 heavy (non-hydrogen) atoms. The van der Waals surface area contributed by atoms with Crippen molar-refractivity contribution in [1.82, 2.24) is 44.9 Å². The first-order valence-corrected chi connectivity index (χ1v) is 32.3. The van der Waals surface area contributed by atoms with Gasteiger partial charge < -0.3 is 52.1 Å². The van der Waals surface area contributed by atoms with Crippen molar-refractivity contribution in [3.8, 4) is 34.9 Å².